The molecule has 0 aromatic carbocycles. The van der Waals surface area contributed by atoms with Crippen molar-refractivity contribution in [1.29, 1.82) is 0 Å². The molecule has 1 N–H and O–H groups in total. The Morgan fingerprint density at radius 1 is 1.57 bits per heavy atom. The molecule has 2 nitrogen and oxygen atoms in total. The molecule has 2 unspecified atom stereocenters. The zero-order chi connectivity index (χ0) is 10.6. The van der Waals surface area contributed by atoms with Crippen molar-refractivity contribution in [3.8, 4) is 11.8 Å². The molecule has 0 spiro atoms. The maximum Gasteiger partial charge on any atom is 0.0706 e. The maximum atomic E-state index is 10.4. The van der Waals surface area contributed by atoms with E-state index in [1.807, 2.05) is 6.92 Å². The quantitative estimate of drug-likeness (QED) is 0.675. The molecule has 2 heteroatoms. The second kappa shape index (κ2) is 4.82. The zero-order valence-electron chi connectivity index (χ0n) is 9.51. The molecule has 0 aromatic heterocycles. The van der Waals surface area contributed by atoms with Crippen LogP contribution in [-0.4, -0.2) is 35.7 Å². The molecule has 1 aliphatic rings. The van der Waals surface area contributed by atoms with Crippen LogP contribution in [0.5, 0.6) is 0 Å². The Bertz CT molecular complexity index is 240. The molecule has 1 rings (SSSR count). The molecule has 1 aliphatic heterocycles. The van der Waals surface area contributed by atoms with E-state index >= 15 is 0 Å². The fourth-order valence-corrected chi connectivity index (χ4v) is 2.13. The molecule has 0 bridgehead atoms. The first-order valence-electron chi connectivity index (χ1n) is 5.39. The Morgan fingerprint density at radius 2 is 2.29 bits per heavy atom. The summed E-state index contributed by atoms with van der Waals surface area (Å²) in [5, 5.41) is 10.4. The lowest BCUT2D eigenvalue weighted by molar-refractivity contribution is -0.0649. The molecular weight excluding hydrogens is 174 g/mol. The van der Waals surface area contributed by atoms with E-state index in [4.69, 9.17) is 0 Å². The smallest absolute Gasteiger partial charge is 0.0706 e. The van der Waals surface area contributed by atoms with Gasteiger partial charge in [0.1, 0.15) is 0 Å². The average molecular weight is 195 g/mol. The van der Waals surface area contributed by atoms with Crippen molar-refractivity contribution in [2.24, 2.45) is 5.92 Å². The van der Waals surface area contributed by atoms with Crippen LogP contribution < -0.4 is 0 Å². The van der Waals surface area contributed by atoms with Gasteiger partial charge in [-0.3, -0.25) is 0 Å². The topological polar surface area (TPSA) is 23.5 Å². The fourth-order valence-electron chi connectivity index (χ4n) is 2.13. The molecule has 1 saturated heterocycles. The van der Waals surface area contributed by atoms with Crippen LogP contribution in [0, 0.1) is 17.8 Å². The number of piperidine rings is 1. The number of hydrogen-bond acceptors (Lipinski definition) is 2. The first-order valence-corrected chi connectivity index (χ1v) is 5.39. The molecule has 1 heterocycles. The van der Waals surface area contributed by atoms with Gasteiger partial charge < -0.3 is 10.0 Å². The van der Waals surface area contributed by atoms with Gasteiger partial charge in [0, 0.05) is 19.5 Å². The van der Waals surface area contributed by atoms with E-state index in [1.54, 1.807) is 0 Å². The van der Waals surface area contributed by atoms with E-state index < -0.39 is 5.60 Å². The Kier molecular flexibility index (Phi) is 3.97. The molecule has 80 valence electrons. The van der Waals surface area contributed by atoms with Gasteiger partial charge in [-0.2, -0.15) is 0 Å². The summed E-state index contributed by atoms with van der Waals surface area (Å²) in [6.07, 6.45) is 2.53. The number of rotatable bonds is 2. The summed E-state index contributed by atoms with van der Waals surface area (Å²) < 4.78 is 0. The summed E-state index contributed by atoms with van der Waals surface area (Å²) in [7, 11) is 2.11. The minimum absolute atomic E-state index is 0.361. The molecule has 0 aromatic rings. The minimum atomic E-state index is -0.476. The molecule has 0 radical (unpaired) electrons. The van der Waals surface area contributed by atoms with Gasteiger partial charge in [0.25, 0.3) is 0 Å². The van der Waals surface area contributed by atoms with Gasteiger partial charge in [-0.15, -0.1) is 11.8 Å². The van der Waals surface area contributed by atoms with Crippen LogP contribution in [0.2, 0.25) is 0 Å². The first-order chi connectivity index (χ1) is 6.58. The number of likely N-dealkylation sites (tertiary alicyclic amines) is 1. The van der Waals surface area contributed by atoms with Crippen molar-refractivity contribution in [2.45, 2.75) is 38.7 Å². The minimum Gasteiger partial charge on any atom is -0.389 e. The third-order valence-electron chi connectivity index (χ3n) is 3.29. The lowest BCUT2D eigenvalue weighted by Gasteiger charge is -2.41. The van der Waals surface area contributed by atoms with E-state index in [2.05, 4.69) is 30.7 Å². The van der Waals surface area contributed by atoms with E-state index in [9.17, 15) is 5.11 Å². The van der Waals surface area contributed by atoms with E-state index in [-0.39, 0.29) is 0 Å². The van der Waals surface area contributed by atoms with Gasteiger partial charge in [0.15, 0.2) is 0 Å². The lowest BCUT2D eigenvalue weighted by atomic mass is 9.79. The number of hydrogen-bond donors (Lipinski definition) is 1. The normalized spacial score (nSPS) is 33.6. The van der Waals surface area contributed by atoms with Crippen molar-refractivity contribution < 1.29 is 5.11 Å². The molecule has 0 saturated carbocycles. The zero-order valence-corrected chi connectivity index (χ0v) is 9.51. The lowest BCUT2D eigenvalue weighted by Crippen LogP contribution is -2.49. The van der Waals surface area contributed by atoms with Crippen molar-refractivity contribution in [3.63, 3.8) is 0 Å². The Hall–Kier alpha value is -0.520. The predicted molar refractivity (Wildman–Crippen MR) is 58.9 cm³/mol. The summed E-state index contributed by atoms with van der Waals surface area (Å²) in [4.78, 5) is 2.28. The predicted octanol–water partition coefficient (Wildman–Crippen LogP) is 1.49. The molecule has 2 atom stereocenters. The first kappa shape index (κ1) is 11.6. The molecule has 0 amide bonds. The molecule has 14 heavy (non-hydrogen) atoms. The van der Waals surface area contributed by atoms with Gasteiger partial charge in [0.05, 0.1) is 5.60 Å². The second-order valence-corrected chi connectivity index (χ2v) is 4.44. The molecular formula is C12H21NO. The molecule has 0 aliphatic carbocycles. The van der Waals surface area contributed by atoms with Crippen molar-refractivity contribution >= 4 is 0 Å². The fraction of sp³-hybridized carbons (Fsp3) is 0.833. The highest BCUT2D eigenvalue weighted by molar-refractivity contribution is 4.99. The third kappa shape index (κ3) is 2.73. The average Bonchev–Trinajstić information content (AvgIpc) is 2.13. The van der Waals surface area contributed by atoms with Crippen molar-refractivity contribution in [2.75, 3.05) is 20.1 Å². The van der Waals surface area contributed by atoms with E-state index in [1.165, 1.54) is 0 Å². The van der Waals surface area contributed by atoms with Crippen LogP contribution in [-0.2, 0) is 0 Å². The monoisotopic (exact) mass is 195 g/mol. The highest BCUT2D eigenvalue weighted by Crippen LogP contribution is 2.31. The van der Waals surface area contributed by atoms with Gasteiger partial charge in [-0.25, -0.2) is 0 Å². The standard InChI is InChI=1S/C12H21NO/c1-4-5-6-7-12(14)8-9-13(3)10-11(12)2/h11,14H,6-10H2,1-3H3. The van der Waals surface area contributed by atoms with Crippen LogP contribution in [0.15, 0.2) is 0 Å². The van der Waals surface area contributed by atoms with E-state index in [0.717, 1.165) is 32.4 Å². The number of aliphatic hydroxyl groups is 1. The van der Waals surface area contributed by atoms with Crippen LogP contribution in [0.25, 0.3) is 0 Å². The second-order valence-electron chi connectivity index (χ2n) is 4.44. The summed E-state index contributed by atoms with van der Waals surface area (Å²) in [6.45, 7) is 5.98. The Balaban J connectivity index is 2.49. The summed E-state index contributed by atoms with van der Waals surface area (Å²) in [5.41, 5.74) is -0.476. The van der Waals surface area contributed by atoms with Gasteiger partial charge in [0.2, 0.25) is 0 Å². The van der Waals surface area contributed by atoms with Crippen LogP contribution in [0.3, 0.4) is 0 Å². The number of nitrogens with zero attached hydrogens (tertiary/aromatic N) is 1. The highest BCUT2D eigenvalue weighted by Gasteiger charge is 2.36. The summed E-state index contributed by atoms with van der Waals surface area (Å²) in [5.74, 6) is 6.27. The van der Waals surface area contributed by atoms with Gasteiger partial charge in [-0.05, 0) is 32.7 Å². The third-order valence-corrected chi connectivity index (χ3v) is 3.29. The van der Waals surface area contributed by atoms with Crippen LogP contribution in [0.4, 0.5) is 0 Å². The Labute approximate surface area is 87.3 Å². The molecule has 1 fully saturated rings. The van der Waals surface area contributed by atoms with E-state index in [0.29, 0.717) is 5.92 Å². The van der Waals surface area contributed by atoms with Gasteiger partial charge in [-0.1, -0.05) is 6.92 Å². The van der Waals surface area contributed by atoms with Crippen molar-refractivity contribution in [1.82, 2.24) is 4.90 Å². The highest BCUT2D eigenvalue weighted by atomic mass is 16.3. The largest absolute Gasteiger partial charge is 0.389 e. The van der Waals surface area contributed by atoms with Crippen LogP contribution >= 0.6 is 0 Å². The summed E-state index contributed by atoms with van der Waals surface area (Å²) in [6, 6.07) is 0. The van der Waals surface area contributed by atoms with Crippen molar-refractivity contribution in [3.05, 3.63) is 0 Å². The summed E-state index contributed by atoms with van der Waals surface area (Å²) >= 11 is 0. The van der Waals surface area contributed by atoms with Crippen LogP contribution in [0.1, 0.15) is 33.1 Å². The van der Waals surface area contributed by atoms with Gasteiger partial charge >= 0.3 is 0 Å². The maximum absolute atomic E-state index is 10.4. The SMILES string of the molecule is CC#CCCC1(O)CCN(C)CC1C. The Morgan fingerprint density at radius 3 is 2.86 bits per heavy atom.